The number of thiol groups is 1. The quantitative estimate of drug-likeness (QED) is 0.347. The highest BCUT2D eigenvalue weighted by atomic mass is 33.1. The van der Waals surface area contributed by atoms with Crippen molar-refractivity contribution in [2.45, 2.75) is 62.9 Å². The maximum absolute atomic E-state index is 4.54. The molecule has 0 rings (SSSR count). The molecule has 2 unspecified atom stereocenters. The first-order valence-electron chi connectivity index (χ1n) is 5.59. The van der Waals surface area contributed by atoms with Crippen molar-refractivity contribution in [3.8, 4) is 0 Å². The van der Waals surface area contributed by atoms with Gasteiger partial charge in [-0.2, -0.15) is 12.6 Å². The van der Waals surface area contributed by atoms with Gasteiger partial charge in [-0.1, -0.05) is 67.5 Å². The zero-order valence-electron chi connectivity index (χ0n) is 9.66. The molecule has 0 nitrogen and oxygen atoms in total. The maximum atomic E-state index is 4.54. The van der Waals surface area contributed by atoms with Crippen molar-refractivity contribution >= 4 is 34.2 Å². The monoisotopic (exact) mass is 252 g/mol. The second-order valence-electron chi connectivity index (χ2n) is 3.74. The first-order valence-corrected chi connectivity index (χ1v) is 8.73. The van der Waals surface area contributed by atoms with E-state index >= 15 is 0 Å². The molecule has 0 saturated carbocycles. The normalized spacial score (nSPS) is 15.4. The van der Waals surface area contributed by atoms with Crippen LogP contribution in [-0.2, 0) is 0 Å². The molecule has 0 amide bonds. The van der Waals surface area contributed by atoms with E-state index in [1.54, 1.807) is 0 Å². The second kappa shape index (κ2) is 10.6. The van der Waals surface area contributed by atoms with Crippen LogP contribution in [0.4, 0.5) is 0 Å². The van der Waals surface area contributed by atoms with Crippen LogP contribution in [0.15, 0.2) is 0 Å². The summed E-state index contributed by atoms with van der Waals surface area (Å²) in [5.74, 6) is 0. The Bertz CT molecular complexity index is 115. The summed E-state index contributed by atoms with van der Waals surface area (Å²) in [6.07, 6.45) is 10.4. The number of hydrogen-bond donors (Lipinski definition) is 1. The molecule has 0 aromatic heterocycles. The van der Waals surface area contributed by atoms with Gasteiger partial charge >= 0.3 is 0 Å². The largest absolute Gasteiger partial charge is 0.175 e. The average Bonchev–Trinajstić information content (AvgIpc) is 2.15. The molecule has 0 saturated heterocycles. The van der Waals surface area contributed by atoms with Crippen LogP contribution in [0.2, 0.25) is 0 Å². The standard InChI is InChI=1S/C11H24S3/c1-4-5-6-7-8-9-11(10(2)12)14-13-3/h10-12H,4-9H2,1-3H3. The molecule has 0 heterocycles. The molecule has 0 aromatic carbocycles. The van der Waals surface area contributed by atoms with Crippen LogP contribution in [-0.4, -0.2) is 16.8 Å². The maximum Gasteiger partial charge on any atom is 0.0265 e. The zero-order valence-corrected chi connectivity index (χ0v) is 12.2. The van der Waals surface area contributed by atoms with Crippen LogP contribution < -0.4 is 0 Å². The van der Waals surface area contributed by atoms with E-state index in [-0.39, 0.29) is 0 Å². The van der Waals surface area contributed by atoms with Crippen LogP contribution in [0.5, 0.6) is 0 Å². The molecule has 0 bridgehead atoms. The first kappa shape index (κ1) is 15.0. The lowest BCUT2D eigenvalue weighted by atomic mass is 10.1. The summed E-state index contributed by atoms with van der Waals surface area (Å²) in [6.45, 7) is 4.48. The second-order valence-corrected chi connectivity index (χ2v) is 7.27. The summed E-state index contributed by atoms with van der Waals surface area (Å²) in [4.78, 5) is 0. The summed E-state index contributed by atoms with van der Waals surface area (Å²) in [7, 11) is 3.86. The van der Waals surface area contributed by atoms with E-state index in [1.807, 2.05) is 21.6 Å². The summed E-state index contributed by atoms with van der Waals surface area (Å²) in [6, 6.07) is 0. The lowest BCUT2D eigenvalue weighted by molar-refractivity contribution is 0.596. The van der Waals surface area contributed by atoms with Gasteiger partial charge in [-0.05, 0) is 12.7 Å². The molecule has 0 N–H and O–H groups in total. The van der Waals surface area contributed by atoms with Crippen LogP contribution in [0.1, 0.15) is 52.4 Å². The van der Waals surface area contributed by atoms with Crippen molar-refractivity contribution in [2.75, 3.05) is 6.26 Å². The van der Waals surface area contributed by atoms with E-state index in [4.69, 9.17) is 0 Å². The van der Waals surface area contributed by atoms with Crippen LogP contribution in [0.3, 0.4) is 0 Å². The molecule has 0 fully saturated rings. The van der Waals surface area contributed by atoms with Gasteiger partial charge in [-0.3, -0.25) is 0 Å². The molecule has 0 aliphatic heterocycles. The SMILES string of the molecule is CCCCCCCC(SSC)C(C)S. The summed E-state index contributed by atoms with van der Waals surface area (Å²) in [5, 5.41) is 1.26. The number of hydrogen-bond acceptors (Lipinski definition) is 3. The van der Waals surface area contributed by atoms with E-state index in [1.165, 1.54) is 38.5 Å². The van der Waals surface area contributed by atoms with Crippen molar-refractivity contribution < 1.29 is 0 Å². The smallest absolute Gasteiger partial charge is 0.0265 e. The predicted molar refractivity (Wildman–Crippen MR) is 76.7 cm³/mol. The minimum absolute atomic E-state index is 0.527. The van der Waals surface area contributed by atoms with E-state index < -0.39 is 0 Å². The Kier molecular flexibility index (Phi) is 11.4. The van der Waals surface area contributed by atoms with Gasteiger partial charge in [0.25, 0.3) is 0 Å². The highest BCUT2D eigenvalue weighted by molar-refractivity contribution is 8.76. The van der Waals surface area contributed by atoms with Crippen LogP contribution in [0.25, 0.3) is 0 Å². The molecule has 0 radical (unpaired) electrons. The molecule has 0 aliphatic carbocycles. The Morgan fingerprint density at radius 2 is 1.79 bits per heavy atom. The van der Waals surface area contributed by atoms with Gasteiger partial charge < -0.3 is 0 Å². The zero-order chi connectivity index (χ0) is 10.8. The summed E-state index contributed by atoms with van der Waals surface area (Å²) < 4.78 is 0. The molecule has 0 aromatic rings. The van der Waals surface area contributed by atoms with Crippen molar-refractivity contribution in [1.82, 2.24) is 0 Å². The number of unbranched alkanes of at least 4 members (excludes halogenated alkanes) is 4. The Labute approximate surface area is 103 Å². The summed E-state index contributed by atoms with van der Waals surface area (Å²) >= 11 is 4.54. The molecular formula is C11H24S3. The Morgan fingerprint density at radius 3 is 2.29 bits per heavy atom. The third kappa shape index (κ3) is 8.37. The van der Waals surface area contributed by atoms with E-state index in [0.717, 1.165) is 5.25 Å². The van der Waals surface area contributed by atoms with Gasteiger partial charge in [0.05, 0.1) is 0 Å². The molecule has 0 aliphatic rings. The highest BCUT2D eigenvalue weighted by Gasteiger charge is 2.13. The Morgan fingerprint density at radius 1 is 1.14 bits per heavy atom. The molecule has 2 atom stereocenters. The molecule has 14 heavy (non-hydrogen) atoms. The van der Waals surface area contributed by atoms with E-state index in [0.29, 0.717) is 5.25 Å². The predicted octanol–water partition coefficient (Wildman–Crippen LogP) is 5.05. The van der Waals surface area contributed by atoms with Gasteiger partial charge in [-0.15, -0.1) is 0 Å². The topological polar surface area (TPSA) is 0 Å². The highest BCUT2D eigenvalue weighted by Crippen LogP contribution is 2.31. The number of rotatable bonds is 9. The van der Waals surface area contributed by atoms with E-state index in [2.05, 4.69) is 32.7 Å². The van der Waals surface area contributed by atoms with Crippen molar-refractivity contribution in [2.24, 2.45) is 0 Å². The van der Waals surface area contributed by atoms with Crippen LogP contribution in [0, 0.1) is 0 Å². The van der Waals surface area contributed by atoms with Gasteiger partial charge in [0.15, 0.2) is 0 Å². The minimum atomic E-state index is 0.527. The third-order valence-electron chi connectivity index (χ3n) is 2.35. The molecular weight excluding hydrogens is 228 g/mol. The first-order chi connectivity index (χ1) is 6.72. The lowest BCUT2D eigenvalue weighted by Gasteiger charge is -2.17. The molecule has 86 valence electrons. The van der Waals surface area contributed by atoms with Crippen molar-refractivity contribution in [3.05, 3.63) is 0 Å². The fourth-order valence-corrected chi connectivity index (χ4v) is 4.22. The molecule has 3 heteroatoms. The summed E-state index contributed by atoms with van der Waals surface area (Å²) in [5.41, 5.74) is 0. The fourth-order valence-electron chi connectivity index (χ4n) is 1.44. The Hall–Kier alpha value is 1.05. The molecule has 0 spiro atoms. The van der Waals surface area contributed by atoms with E-state index in [9.17, 15) is 0 Å². The Balaban J connectivity index is 3.41. The van der Waals surface area contributed by atoms with Gasteiger partial charge in [0, 0.05) is 10.5 Å². The lowest BCUT2D eigenvalue weighted by Crippen LogP contribution is -2.12. The van der Waals surface area contributed by atoms with Crippen LogP contribution >= 0.6 is 34.2 Å². The van der Waals surface area contributed by atoms with Gasteiger partial charge in [-0.25, -0.2) is 0 Å². The third-order valence-corrected chi connectivity index (χ3v) is 5.31. The average molecular weight is 253 g/mol. The minimum Gasteiger partial charge on any atom is -0.175 e. The van der Waals surface area contributed by atoms with Crippen molar-refractivity contribution in [1.29, 1.82) is 0 Å². The van der Waals surface area contributed by atoms with Gasteiger partial charge in [0.2, 0.25) is 0 Å². The van der Waals surface area contributed by atoms with Crippen molar-refractivity contribution in [3.63, 3.8) is 0 Å². The fraction of sp³-hybridized carbons (Fsp3) is 1.00. The van der Waals surface area contributed by atoms with Gasteiger partial charge in [0.1, 0.15) is 0 Å².